The van der Waals surface area contributed by atoms with Crippen molar-refractivity contribution in [2.24, 2.45) is 11.8 Å². The Morgan fingerprint density at radius 3 is 0.731 bits per heavy atom. The van der Waals surface area contributed by atoms with Crippen molar-refractivity contribution in [1.82, 2.24) is 0 Å². The van der Waals surface area contributed by atoms with Gasteiger partial charge in [0.05, 0.1) is 13.2 Å². The van der Waals surface area contributed by atoms with Gasteiger partial charge in [-0.3, -0.25) is 8.37 Å². The molecule has 0 bridgehead atoms. The van der Waals surface area contributed by atoms with E-state index in [4.69, 9.17) is 0 Å². The molecular formula is C56H110CaO8S2. The maximum Gasteiger partial charge on any atom is 2.00 e. The Morgan fingerprint density at radius 2 is 0.522 bits per heavy atom. The predicted molar refractivity (Wildman–Crippen MR) is 288 cm³/mol. The van der Waals surface area contributed by atoms with Gasteiger partial charge in [0.15, 0.2) is 0 Å². The van der Waals surface area contributed by atoms with Crippen molar-refractivity contribution in [2.45, 2.75) is 310 Å². The zero-order valence-corrected chi connectivity index (χ0v) is 48.6. The molecule has 2 atom stereocenters. The molecule has 0 aromatic carbocycles. The first-order valence-electron chi connectivity index (χ1n) is 28.5. The molecule has 0 radical (unpaired) electrons. The van der Waals surface area contributed by atoms with Gasteiger partial charge in [-0.1, -0.05) is 296 Å². The van der Waals surface area contributed by atoms with E-state index in [2.05, 4.69) is 48.2 Å². The Labute approximate surface area is 448 Å². The zero-order chi connectivity index (χ0) is 48.9. The number of hydrogen-bond acceptors (Lipinski definition) is 8. The second-order valence-corrected chi connectivity index (χ2v) is 21.7. The molecule has 0 spiro atoms. The first kappa shape index (κ1) is 71.7. The summed E-state index contributed by atoms with van der Waals surface area (Å²) >= 11 is 0. The van der Waals surface area contributed by atoms with E-state index >= 15 is 0 Å². The van der Waals surface area contributed by atoms with E-state index in [1.807, 2.05) is 12.2 Å². The van der Waals surface area contributed by atoms with Crippen molar-refractivity contribution in [3.05, 3.63) is 24.3 Å². The molecule has 0 fully saturated rings. The molecule has 0 aliphatic rings. The molecule has 8 nitrogen and oxygen atoms in total. The van der Waals surface area contributed by atoms with Gasteiger partial charge in [-0.25, -0.2) is 16.8 Å². The molecule has 0 aliphatic carbocycles. The van der Waals surface area contributed by atoms with Gasteiger partial charge in [-0.15, -0.1) is 0 Å². The van der Waals surface area contributed by atoms with Gasteiger partial charge in [-0.2, -0.15) is 0 Å². The summed E-state index contributed by atoms with van der Waals surface area (Å²) in [7, 11) is -9.21. The second kappa shape index (κ2) is 57.4. The van der Waals surface area contributed by atoms with Gasteiger partial charge in [0.2, 0.25) is 20.8 Å². The van der Waals surface area contributed by atoms with E-state index < -0.39 is 20.8 Å². The number of rotatable bonds is 52. The average molecular weight is 1020 g/mol. The molecule has 0 amide bonds. The zero-order valence-electron chi connectivity index (χ0n) is 44.8. The summed E-state index contributed by atoms with van der Waals surface area (Å²) in [6.07, 6.45) is 65.1. The Balaban J connectivity index is -0.00000120. The third kappa shape index (κ3) is 66.5. The van der Waals surface area contributed by atoms with Crippen LogP contribution in [0.1, 0.15) is 310 Å². The molecule has 396 valence electrons. The monoisotopic (exact) mass is 1010 g/mol. The van der Waals surface area contributed by atoms with Crippen LogP contribution in [-0.4, -0.2) is 76.9 Å². The normalized spacial score (nSPS) is 13.0. The number of unbranched alkanes of at least 4 members (excludes halogenated alkanes) is 38. The van der Waals surface area contributed by atoms with Crippen molar-refractivity contribution in [3.8, 4) is 0 Å². The van der Waals surface area contributed by atoms with Crippen LogP contribution in [0.3, 0.4) is 0 Å². The van der Waals surface area contributed by atoms with Gasteiger partial charge in [-0.05, 0) is 38.5 Å². The summed E-state index contributed by atoms with van der Waals surface area (Å²) in [6, 6.07) is 0. The fourth-order valence-electron chi connectivity index (χ4n) is 8.68. The van der Waals surface area contributed by atoms with Crippen molar-refractivity contribution < 1.29 is 34.3 Å². The molecule has 0 rings (SSSR count). The van der Waals surface area contributed by atoms with Gasteiger partial charge in [0.1, 0.15) is 0 Å². The molecule has 2 unspecified atom stereocenters. The summed E-state index contributed by atoms with van der Waals surface area (Å²) in [4.78, 5) is 0. The molecule has 0 aliphatic heterocycles. The molecule has 0 aromatic heterocycles. The van der Waals surface area contributed by atoms with Crippen molar-refractivity contribution >= 4 is 58.5 Å². The molecule has 0 saturated carbocycles. The van der Waals surface area contributed by atoms with Crippen LogP contribution in [0.5, 0.6) is 0 Å². The topological polar surface area (TPSA) is 133 Å². The summed E-state index contributed by atoms with van der Waals surface area (Å²) in [5.74, 6) is 0.0402. The predicted octanol–water partition coefficient (Wildman–Crippen LogP) is 18.1. The summed E-state index contributed by atoms with van der Waals surface area (Å²) in [6.45, 7) is 8.87. The van der Waals surface area contributed by atoms with Crippen LogP contribution in [0.15, 0.2) is 24.3 Å². The van der Waals surface area contributed by atoms with Crippen molar-refractivity contribution in [3.63, 3.8) is 0 Å². The SMILES string of the molecule is CCCCC/C=C/C(CCCCCCCCCCCCCCCCCCC)COS(=O)(=O)[O-].CCCCC/C=C/C(CCCCCCCCCCCCCCCCCCC)COS(=O)(=O)[O-].[Ca+2]. The fraction of sp³-hybridized carbons (Fsp3) is 0.929. The van der Waals surface area contributed by atoms with Crippen LogP contribution < -0.4 is 0 Å². The second-order valence-electron chi connectivity index (χ2n) is 19.6. The Kier molecular flexibility index (Phi) is 61.4. The summed E-state index contributed by atoms with van der Waals surface area (Å²) in [5.41, 5.74) is 0. The Bertz CT molecular complexity index is 1130. The van der Waals surface area contributed by atoms with Crippen molar-refractivity contribution in [2.75, 3.05) is 13.2 Å². The van der Waals surface area contributed by atoms with Gasteiger partial charge in [0.25, 0.3) is 0 Å². The third-order valence-corrected chi connectivity index (χ3v) is 13.8. The molecular weight excluding hydrogens is 905 g/mol. The maximum atomic E-state index is 10.8. The average Bonchev–Trinajstić information content (AvgIpc) is 3.28. The van der Waals surface area contributed by atoms with E-state index in [0.717, 1.165) is 51.4 Å². The van der Waals surface area contributed by atoms with E-state index in [-0.39, 0.29) is 62.8 Å². The molecule has 67 heavy (non-hydrogen) atoms. The fourth-order valence-corrected chi connectivity index (χ4v) is 9.36. The van der Waals surface area contributed by atoms with Crippen LogP contribution in [0.2, 0.25) is 0 Å². The van der Waals surface area contributed by atoms with E-state index in [1.165, 1.54) is 231 Å². The van der Waals surface area contributed by atoms with Crippen LogP contribution in [0, 0.1) is 11.8 Å². The molecule has 0 aromatic rings. The van der Waals surface area contributed by atoms with Gasteiger partial charge < -0.3 is 9.11 Å². The van der Waals surface area contributed by atoms with Crippen LogP contribution in [-0.2, 0) is 29.2 Å². The number of hydrogen-bond donors (Lipinski definition) is 0. The van der Waals surface area contributed by atoms with E-state index in [1.54, 1.807) is 0 Å². The third-order valence-electron chi connectivity index (χ3n) is 13.0. The Morgan fingerprint density at radius 1 is 0.328 bits per heavy atom. The first-order valence-corrected chi connectivity index (χ1v) is 31.2. The minimum atomic E-state index is -4.60. The summed E-state index contributed by atoms with van der Waals surface area (Å²) in [5, 5.41) is 0. The van der Waals surface area contributed by atoms with E-state index in [0.29, 0.717) is 0 Å². The maximum absolute atomic E-state index is 10.8. The molecule has 0 N–H and O–H groups in total. The van der Waals surface area contributed by atoms with Crippen LogP contribution in [0.25, 0.3) is 0 Å². The molecule has 11 heteroatoms. The molecule has 0 saturated heterocycles. The van der Waals surface area contributed by atoms with E-state index in [9.17, 15) is 25.9 Å². The standard InChI is InChI=1S/2C28H56O4S.Ca/c2*1-3-5-7-9-10-11-12-13-14-15-16-17-18-19-20-22-24-26-28(27-32-33(29,30)31)25-23-21-8-6-4-2;/h2*23,25,28H,3-22,24,26-27H2,1-2H3,(H,29,30,31);/q;;+2/p-2/b2*25-23+;. The van der Waals surface area contributed by atoms with Crippen LogP contribution in [0.4, 0.5) is 0 Å². The Hall–Kier alpha value is 0.480. The van der Waals surface area contributed by atoms with Crippen molar-refractivity contribution in [1.29, 1.82) is 0 Å². The summed E-state index contributed by atoms with van der Waals surface area (Å²) < 4.78 is 73.7. The largest absolute Gasteiger partial charge is 2.00 e. The quantitative estimate of drug-likeness (QED) is 0.0193. The first-order chi connectivity index (χ1) is 32.0. The van der Waals surface area contributed by atoms with Crippen LogP contribution >= 0.6 is 0 Å². The minimum absolute atomic E-state index is 0. The molecule has 0 heterocycles. The smallest absolute Gasteiger partial charge is 0.726 e. The number of allylic oxidation sites excluding steroid dienone is 2. The minimum Gasteiger partial charge on any atom is -0.726 e. The van der Waals surface area contributed by atoms with Gasteiger partial charge >= 0.3 is 37.7 Å². The van der Waals surface area contributed by atoms with Gasteiger partial charge in [0, 0.05) is 11.8 Å².